The molecule has 0 aromatic heterocycles. The zero-order chi connectivity index (χ0) is 16.7. The van der Waals surface area contributed by atoms with Crippen LogP contribution in [0.5, 0.6) is 0 Å². The number of alkyl halides is 2. The first-order chi connectivity index (χ1) is 9.53. The van der Waals surface area contributed by atoms with Gasteiger partial charge in [-0.2, -0.15) is 0 Å². The summed E-state index contributed by atoms with van der Waals surface area (Å²) in [5.41, 5.74) is -0.350. The van der Waals surface area contributed by atoms with E-state index < -0.39 is 17.1 Å². The normalized spacial score (nSPS) is 15.5. The number of hydrogen-bond donors (Lipinski definition) is 1. The molecule has 0 saturated carbocycles. The number of hydrogen-bond acceptors (Lipinski definition) is 2. The number of thioether (sulfide) groups is 1. The van der Waals surface area contributed by atoms with Gasteiger partial charge in [-0.15, -0.1) is 11.8 Å². The quantitative estimate of drug-likeness (QED) is 0.542. The van der Waals surface area contributed by atoms with Crippen molar-refractivity contribution >= 4 is 17.7 Å². The number of halogens is 2. The van der Waals surface area contributed by atoms with E-state index in [-0.39, 0.29) is 11.8 Å². The fraction of sp³-hybridized carbons (Fsp3) is 0.938. The van der Waals surface area contributed by atoms with Gasteiger partial charge in [0.15, 0.2) is 0 Å². The van der Waals surface area contributed by atoms with Crippen LogP contribution in [0.4, 0.5) is 8.78 Å². The minimum Gasteiger partial charge on any atom is -0.480 e. The average molecular weight is 324 g/mol. The van der Waals surface area contributed by atoms with E-state index in [2.05, 4.69) is 0 Å². The molecule has 0 heterocycles. The largest absolute Gasteiger partial charge is 0.480 e. The van der Waals surface area contributed by atoms with E-state index in [0.29, 0.717) is 24.5 Å². The smallest absolute Gasteiger partial charge is 0.320 e. The molecular weight excluding hydrogens is 294 g/mol. The summed E-state index contributed by atoms with van der Waals surface area (Å²) in [6.45, 7) is 9.97. The highest BCUT2D eigenvalue weighted by Crippen LogP contribution is 2.47. The molecule has 0 radical (unpaired) electrons. The standard InChI is InChI=1S/C16H30F2O2S/c1-12(2)11-16(14(19)20,15(3,4)5)21-10-8-6-7-9-13(17)18/h12-13H,6-11H2,1-5H3,(H,19,20). The van der Waals surface area contributed by atoms with Crippen molar-refractivity contribution < 1.29 is 18.7 Å². The average Bonchev–Trinajstić information content (AvgIpc) is 2.29. The van der Waals surface area contributed by atoms with Crippen LogP contribution in [0.2, 0.25) is 0 Å². The Morgan fingerprint density at radius 2 is 1.71 bits per heavy atom. The first kappa shape index (κ1) is 20.7. The third-order valence-corrected chi connectivity index (χ3v) is 5.61. The van der Waals surface area contributed by atoms with Crippen LogP contribution >= 0.6 is 11.8 Å². The summed E-state index contributed by atoms with van der Waals surface area (Å²) in [6.07, 6.45) is 0.372. The van der Waals surface area contributed by atoms with Crippen LogP contribution in [0.1, 0.15) is 66.7 Å². The van der Waals surface area contributed by atoms with Crippen molar-refractivity contribution in [1.82, 2.24) is 0 Å². The molecule has 0 spiro atoms. The van der Waals surface area contributed by atoms with Gasteiger partial charge in [-0.1, -0.05) is 41.0 Å². The van der Waals surface area contributed by atoms with Gasteiger partial charge in [0.05, 0.1) is 0 Å². The molecule has 5 heteroatoms. The summed E-state index contributed by atoms with van der Waals surface area (Å²) in [4.78, 5) is 11.9. The highest BCUT2D eigenvalue weighted by atomic mass is 32.2. The lowest BCUT2D eigenvalue weighted by Crippen LogP contribution is -2.48. The number of unbranched alkanes of at least 4 members (excludes halogenated alkanes) is 2. The monoisotopic (exact) mass is 324 g/mol. The lowest BCUT2D eigenvalue weighted by atomic mass is 9.75. The summed E-state index contributed by atoms with van der Waals surface area (Å²) >= 11 is 1.48. The van der Waals surface area contributed by atoms with Gasteiger partial charge in [-0.25, -0.2) is 8.78 Å². The lowest BCUT2D eigenvalue weighted by Gasteiger charge is -2.42. The zero-order valence-corrected chi connectivity index (χ0v) is 14.7. The number of carboxylic acids is 1. The summed E-state index contributed by atoms with van der Waals surface area (Å²) in [7, 11) is 0. The molecular formula is C16H30F2O2S. The molecule has 0 aliphatic carbocycles. The molecule has 0 amide bonds. The maximum absolute atomic E-state index is 12.1. The predicted octanol–water partition coefficient (Wildman–Crippen LogP) is 5.46. The molecule has 0 fully saturated rings. The van der Waals surface area contributed by atoms with Crippen LogP contribution in [0.3, 0.4) is 0 Å². The zero-order valence-electron chi connectivity index (χ0n) is 13.9. The minimum atomic E-state index is -2.23. The maximum atomic E-state index is 12.1. The van der Waals surface area contributed by atoms with Gasteiger partial charge in [-0.05, 0) is 36.3 Å². The van der Waals surface area contributed by atoms with Crippen molar-refractivity contribution in [2.75, 3.05) is 5.75 Å². The molecule has 0 aromatic carbocycles. The molecule has 1 N–H and O–H groups in total. The summed E-state index contributed by atoms with van der Waals surface area (Å²) in [5, 5.41) is 9.76. The van der Waals surface area contributed by atoms with Crippen molar-refractivity contribution in [2.24, 2.45) is 11.3 Å². The number of aliphatic carboxylic acids is 1. The van der Waals surface area contributed by atoms with E-state index >= 15 is 0 Å². The Balaban J connectivity index is 4.59. The van der Waals surface area contributed by atoms with Crippen LogP contribution in [-0.2, 0) is 4.79 Å². The molecule has 1 atom stereocenters. The van der Waals surface area contributed by atoms with Crippen LogP contribution in [0.25, 0.3) is 0 Å². The molecule has 21 heavy (non-hydrogen) atoms. The maximum Gasteiger partial charge on any atom is 0.320 e. The van der Waals surface area contributed by atoms with E-state index in [4.69, 9.17) is 0 Å². The second-order valence-electron chi connectivity index (χ2n) is 7.07. The molecule has 2 nitrogen and oxygen atoms in total. The van der Waals surface area contributed by atoms with Gasteiger partial charge in [0.25, 0.3) is 0 Å². The molecule has 0 saturated heterocycles. The summed E-state index contributed by atoms with van der Waals surface area (Å²) in [5.74, 6) is 0.243. The lowest BCUT2D eigenvalue weighted by molar-refractivity contribution is -0.143. The number of carboxylic acid groups (broad SMARTS) is 1. The third-order valence-electron chi connectivity index (χ3n) is 3.67. The molecule has 126 valence electrons. The van der Waals surface area contributed by atoms with Crippen molar-refractivity contribution in [1.29, 1.82) is 0 Å². The number of rotatable bonds is 10. The van der Waals surface area contributed by atoms with Crippen LogP contribution in [0, 0.1) is 11.3 Å². The van der Waals surface area contributed by atoms with Gasteiger partial charge >= 0.3 is 5.97 Å². The van der Waals surface area contributed by atoms with Gasteiger partial charge < -0.3 is 5.11 Å². The van der Waals surface area contributed by atoms with E-state index in [0.717, 1.165) is 12.8 Å². The SMILES string of the molecule is CC(C)CC(SCCCCCC(F)F)(C(=O)O)C(C)(C)C. The summed E-state index contributed by atoms with van der Waals surface area (Å²) in [6, 6.07) is 0. The Kier molecular flexibility index (Phi) is 8.83. The Morgan fingerprint density at radius 1 is 1.14 bits per heavy atom. The van der Waals surface area contributed by atoms with Gasteiger partial charge in [0, 0.05) is 6.42 Å². The highest BCUT2D eigenvalue weighted by Gasteiger charge is 2.49. The number of carbonyl (C=O) groups is 1. The van der Waals surface area contributed by atoms with Crippen LogP contribution < -0.4 is 0 Å². The Morgan fingerprint density at radius 3 is 2.10 bits per heavy atom. The second kappa shape index (κ2) is 8.96. The Labute approximate surface area is 132 Å². The van der Waals surface area contributed by atoms with E-state index in [1.807, 2.05) is 34.6 Å². The molecule has 0 aliphatic rings. The highest BCUT2D eigenvalue weighted by molar-refractivity contribution is 8.01. The Bertz CT molecular complexity index is 314. The molecule has 0 aliphatic heterocycles. The minimum absolute atomic E-state index is 0.0556. The van der Waals surface area contributed by atoms with Gasteiger partial charge in [-0.3, -0.25) is 4.79 Å². The Hall–Kier alpha value is -0.320. The fourth-order valence-electron chi connectivity index (χ4n) is 2.45. The molecule has 0 rings (SSSR count). The van der Waals surface area contributed by atoms with E-state index in [1.54, 1.807) is 0 Å². The molecule has 1 unspecified atom stereocenters. The summed E-state index contributed by atoms with van der Waals surface area (Å²) < 4.78 is 23.3. The molecule has 0 bridgehead atoms. The van der Waals surface area contributed by atoms with Crippen molar-refractivity contribution in [3.05, 3.63) is 0 Å². The van der Waals surface area contributed by atoms with E-state index in [1.165, 1.54) is 11.8 Å². The fourth-order valence-corrected chi connectivity index (χ4v) is 4.15. The van der Waals surface area contributed by atoms with Crippen LogP contribution in [-0.4, -0.2) is 28.0 Å². The first-order valence-electron chi connectivity index (χ1n) is 7.68. The van der Waals surface area contributed by atoms with Crippen molar-refractivity contribution in [3.8, 4) is 0 Å². The first-order valence-corrected chi connectivity index (χ1v) is 8.67. The third kappa shape index (κ3) is 6.98. The second-order valence-corrected chi connectivity index (χ2v) is 8.46. The van der Waals surface area contributed by atoms with E-state index in [9.17, 15) is 18.7 Å². The van der Waals surface area contributed by atoms with Gasteiger partial charge in [0.2, 0.25) is 6.43 Å². The molecule has 0 aromatic rings. The van der Waals surface area contributed by atoms with Crippen molar-refractivity contribution in [3.63, 3.8) is 0 Å². The predicted molar refractivity (Wildman–Crippen MR) is 86.2 cm³/mol. The topological polar surface area (TPSA) is 37.3 Å². The van der Waals surface area contributed by atoms with Crippen LogP contribution in [0.15, 0.2) is 0 Å². The van der Waals surface area contributed by atoms with Crippen molar-refractivity contribution in [2.45, 2.75) is 77.9 Å². The van der Waals surface area contributed by atoms with Gasteiger partial charge in [0.1, 0.15) is 4.75 Å².